The minimum Gasteiger partial charge on any atom is -0.481 e. The van der Waals surface area contributed by atoms with Crippen LogP contribution in [-0.4, -0.2) is 23.5 Å². The summed E-state index contributed by atoms with van der Waals surface area (Å²) < 4.78 is 11.3. The number of carboxylic acids is 1. The molecular weight excluding hydrogens is 410 g/mol. The van der Waals surface area contributed by atoms with Gasteiger partial charge in [0.1, 0.15) is 16.9 Å². The number of carbonyl (C=O) groups is 2. The summed E-state index contributed by atoms with van der Waals surface area (Å²) in [7, 11) is 0. The molecule has 1 aromatic carbocycles. The summed E-state index contributed by atoms with van der Waals surface area (Å²) in [6.07, 6.45) is 3.46. The first-order valence-electron chi connectivity index (χ1n) is 11.2. The van der Waals surface area contributed by atoms with E-state index in [0.29, 0.717) is 48.5 Å². The zero-order valence-electron chi connectivity index (χ0n) is 18.7. The van der Waals surface area contributed by atoms with E-state index in [1.54, 1.807) is 6.07 Å². The van der Waals surface area contributed by atoms with Gasteiger partial charge in [-0.1, -0.05) is 0 Å². The average Bonchev–Trinajstić information content (AvgIpc) is 3.04. The Balaban J connectivity index is 1.42. The van der Waals surface area contributed by atoms with E-state index in [1.165, 1.54) is 0 Å². The number of amides is 1. The highest BCUT2D eigenvalue weighted by atomic mass is 16.4. The second-order valence-electron chi connectivity index (χ2n) is 8.98. The molecule has 1 aliphatic carbocycles. The molecule has 7 nitrogen and oxygen atoms in total. The van der Waals surface area contributed by atoms with Gasteiger partial charge in [0.25, 0.3) is 0 Å². The van der Waals surface area contributed by atoms with E-state index in [1.807, 2.05) is 26.8 Å². The molecule has 0 aliphatic heterocycles. The van der Waals surface area contributed by atoms with Crippen LogP contribution in [0.4, 0.5) is 0 Å². The minimum absolute atomic E-state index is 0.110. The summed E-state index contributed by atoms with van der Waals surface area (Å²) in [5, 5.41) is 13.9. The van der Waals surface area contributed by atoms with Crippen LogP contribution in [0.3, 0.4) is 0 Å². The molecule has 2 aromatic heterocycles. The Labute approximate surface area is 185 Å². The molecule has 0 saturated heterocycles. The SMILES string of the molecule is Cc1oc2cc3oc(=O)c(CCC(=O)NCC4CCC(C(=O)O)CC4)c(C)c3cc2c1C. The zero-order valence-corrected chi connectivity index (χ0v) is 18.7. The Bertz CT molecular complexity index is 1240. The van der Waals surface area contributed by atoms with Gasteiger partial charge < -0.3 is 19.3 Å². The van der Waals surface area contributed by atoms with Crippen molar-refractivity contribution in [1.82, 2.24) is 5.32 Å². The first-order valence-corrected chi connectivity index (χ1v) is 11.2. The molecule has 0 unspecified atom stereocenters. The molecule has 1 saturated carbocycles. The lowest BCUT2D eigenvalue weighted by molar-refractivity contribution is -0.143. The van der Waals surface area contributed by atoms with Crippen LogP contribution in [0.1, 0.15) is 54.6 Å². The van der Waals surface area contributed by atoms with Gasteiger partial charge in [-0.2, -0.15) is 0 Å². The topological polar surface area (TPSA) is 110 Å². The summed E-state index contributed by atoms with van der Waals surface area (Å²) in [6, 6.07) is 3.75. The Morgan fingerprint density at radius 1 is 1.00 bits per heavy atom. The number of carbonyl (C=O) groups excluding carboxylic acids is 1. The highest BCUT2D eigenvalue weighted by Gasteiger charge is 2.26. The van der Waals surface area contributed by atoms with Crippen LogP contribution in [-0.2, 0) is 16.0 Å². The summed E-state index contributed by atoms with van der Waals surface area (Å²) in [6.45, 7) is 6.35. The molecule has 2 N–H and O–H groups in total. The van der Waals surface area contributed by atoms with Crippen molar-refractivity contribution in [2.75, 3.05) is 6.54 Å². The fourth-order valence-electron chi connectivity index (χ4n) is 4.71. The van der Waals surface area contributed by atoms with E-state index in [9.17, 15) is 14.4 Å². The van der Waals surface area contributed by atoms with Gasteiger partial charge in [0.15, 0.2) is 0 Å². The lowest BCUT2D eigenvalue weighted by atomic mass is 9.82. The Hall–Kier alpha value is -3.09. The zero-order chi connectivity index (χ0) is 23.0. The molecule has 2 heterocycles. The van der Waals surface area contributed by atoms with Crippen LogP contribution in [0.25, 0.3) is 21.9 Å². The first-order chi connectivity index (χ1) is 15.2. The maximum atomic E-state index is 12.6. The molecule has 4 rings (SSSR count). The molecule has 0 radical (unpaired) electrons. The molecule has 0 bridgehead atoms. The molecule has 1 amide bonds. The largest absolute Gasteiger partial charge is 0.481 e. The van der Waals surface area contributed by atoms with Crippen molar-refractivity contribution >= 4 is 33.8 Å². The standard InChI is InChI=1S/C25H29NO6/c1-13-15(3)31-21-11-22-20(10-19(13)21)14(2)18(25(30)32-22)8-9-23(27)26-12-16-4-6-17(7-5-16)24(28)29/h10-11,16-17H,4-9,12H2,1-3H3,(H,26,27)(H,28,29). The summed E-state index contributed by atoms with van der Waals surface area (Å²) in [5.41, 5.74) is 3.17. The number of benzene rings is 1. The van der Waals surface area contributed by atoms with Crippen LogP contribution in [0, 0.1) is 32.6 Å². The van der Waals surface area contributed by atoms with E-state index in [2.05, 4.69) is 5.32 Å². The highest BCUT2D eigenvalue weighted by Crippen LogP contribution is 2.31. The van der Waals surface area contributed by atoms with Gasteiger partial charge in [-0.15, -0.1) is 0 Å². The number of hydrogen-bond donors (Lipinski definition) is 2. The van der Waals surface area contributed by atoms with Crippen LogP contribution in [0.2, 0.25) is 0 Å². The number of carboxylic acid groups (broad SMARTS) is 1. The van der Waals surface area contributed by atoms with Crippen molar-refractivity contribution < 1.29 is 23.5 Å². The molecular formula is C25H29NO6. The normalized spacial score (nSPS) is 18.8. The fraction of sp³-hybridized carbons (Fsp3) is 0.480. The van der Waals surface area contributed by atoms with Crippen LogP contribution in [0.15, 0.2) is 25.8 Å². The van der Waals surface area contributed by atoms with E-state index in [4.69, 9.17) is 13.9 Å². The van der Waals surface area contributed by atoms with Crippen molar-refractivity contribution in [3.63, 3.8) is 0 Å². The quantitative estimate of drug-likeness (QED) is 0.551. The highest BCUT2D eigenvalue weighted by molar-refractivity contribution is 5.96. The third-order valence-electron chi connectivity index (χ3n) is 6.97. The monoisotopic (exact) mass is 439 g/mol. The van der Waals surface area contributed by atoms with Gasteiger partial charge in [0.05, 0.1) is 5.92 Å². The van der Waals surface area contributed by atoms with Crippen molar-refractivity contribution in [2.45, 2.75) is 59.3 Å². The number of fused-ring (bicyclic) bond motifs is 2. The molecule has 0 atom stereocenters. The van der Waals surface area contributed by atoms with Gasteiger partial charge in [0.2, 0.25) is 5.91 Å². The van der Waals surface area contributed by atoms with Gasteiger partial charge in [-0.3, -0.25) is 9.59 Å². The summed E-state index contributed by atoms with van der Waals surface area (Å²) >= 11 is 0. The third-order valence-corrected chi connectivity index (χ3v) is 6.97. The van der Waals surface area contributed by atoms with E-state index < -0.39 is 11.6 Å². The maximum Gasteiger partial charge on any atom is 0.339 e. The van der Waals surface area contributed by atoms with Crippen molar-refractivity contribution in [3.8, 4) is 0 Å². The lowest BCUT2D eigenvalue weighted by Crippen LogP contribution is -2.32. The lowest BCUT2D eigenvalue weighted by Gasteiger charge is -2.26. The third kappa shape index (κ3) is 4.29. The second-order valence-corrected chi connectivity index (χ2v) is 8.98. The molecule has 1 aliphatic rings. The van der Waals surface area contributed by atoms with Gasteiger partial charge >= 0.3 is 11.6 Å². The molecule has 1 fully saturated rings. The second kappa shape index (κ2) is 8.81. The van der Waals surface area contributed by atoms with E-state index >= 15 is 0 Å². The molecule has 3 aromatic rings. The van der Waals surface area contributed by atoms with Crippen LogP contribution < -0.4 is 10.9 Å². The molecule has 170 valence electrons. The van der Waals surface area contributed by atoms with Crippen LogP contribution >= 0.6 is 0 Å². The van der Waals surface area contributed by atoms with Gasteiger partial charge in [-0.25, -0.2) is 4.79 Å². The van der Waals surface area contributed by atoms with Gasteiger partial charge in [0, 0.05) is 35.4 Å². The molecule has 0 spiro atoms. The van der Waals surface area contributed by atoms with Gasteiger partial charge in [-0.05, 0) is 76.0 Å². The molecule has 32 heavy (non-hydrogen) atoms. The van der Waals surface area contributed by atoms with Crippen molar-refractivity contribution in [1.29, 1.82) is 0 Å². The van der Waals surface area contributed by atoms with E-state index in [-0.39, 0.29) is 18.2 Å². The summed E-state index contributed by atoms with van der Waals surface area (Å²) in [5.74, 6) is 0.0552. The van der Waals surface area contributed by atoms with Crippen molar-refractivity contribution in [2.24, 2.45) is 11.8 Å². The number of rotatable bonds is 6. The number of hydrogen-bond acceptors (Lipinski definition) is 5. The number of nitrogens with one attached hydrogen (secondary N) is 1. The Morgan fingerprint density at radius 3 is 2.34 bits per heavy atom. The average molecular weight is 440 g/mol. The number of aryl methyl sites for hydroxylation is 3. The Morgan fingerprint density at radius 2 is 1.66 bits per heavy atom. The number of furan rings is 1. The van der Waals surface area contributed by atoms with Crippen molar-refractivity contribution in [3.05, 3.63) is 45.0 Å². The first kappa shape index (κ1) is 22.1. The predicted octanol–water partition coefficient (Wildman–Crippen LogP) is 4.40. The fourth-order valence-corrected chi connectivity index (χ4v) is 4.71. The number of aliphatic carboxylic acids is 1. The predicted molar refractivity (Wildman–Crippen MR) is 121 cm³/mol. The molecule has 7 heteroatoms. The van der Waals surface area contributed by atoms with E-state index in [0.717, 1.165) is 40.5 Å². The van der Waals surface area contributed by atoms with Crippen LogP contribution in [0.5, 0.6) is 0 Å². The smallest absolute Gasteiger partial charge is 0.339 e. The minimum atomic E-state index is -0.726. The summed E-state index contributed by atoms with van der Waals surface area (Å²) in [4.78, 5) is 36.0. The Kier molecular flexibility index (Phi) is 6.09. The maximum absolute atomic E-state index is 12.6.